The lowest BCUT2D eigenvalue weighted by atomic mass is 9.96. The summed E-state index contributed by atoms with van der Waals surface area (Å²) >= 11 is 0. The van der Waals surface area contributed by atoms with Gasteiger partial charge in [-0.25, -0.2) is 9.18 Å². The summed E-state index contributed by atoms with van der Waals surface area (Å²) in [7, 11) is 0. The van der Waals surface area contributed by atoms with Gasteiger partial charge in [0.05, 0.1) is 0 Å². The van der Waals surface area contributed by atoms with Crippen LogP contribution in [0.25, 0.3) is 10.8 Å². The van der Waals surface area contributed by atoms with Crippen LogP contribution in [-0.4, -0.2) is 23.7 Å². The van der Waals surface area contributed by atoms with Crippen LogP contribution in [0, 0.1) is 5.82 Å². The summed E-state index contributed by atoms with van der Waals surface area (Å²) < 4.78 is 19.3. The van der Waals surface area contributed by atoms with Crippen LogP contribution in [0.15, 0.2) is 60.7 Å². The Bertz CT molecular complexity index is 1030. The van der Waals surface area contributed by atoms with Gasteiger partial charge in [0.2, 0.25) is 0 Å². The molecule has 0 bridgehead atoms. The number of carboxylic acid groups (broad SMARTS) is 1. The van der Waals surface area contributed by atoms with E-state index < -0.39 is 5.97 Å². The normalized spacial score (nSPS) is 19.7. The number of carboxylic acids is 1. The third-order valence-electron chi connectivity index (χ3n) is 6.00. The van der Waals surface area contributed by atoms with Gasteiger partial charge < -0.3 is 15.2 Å². The van der Waals surface area contributed by atoms with E-state index in [1.54, 1.807) is 6.07 Å². The van der Waals surface area contributed by atoms with E-state index in [4.69, 9.17) is 9.84 Å². The molecule has 3 aromatic rings. The first-order chi connectivity index (χ1) is 14.5. The number of fused-ring (bicyclic) bond motifs is 1. The fourth-order valence-electron chi connectivity index (χ4n) is 4.53. The number of aliphatic carboxylic acids is 1. The smallest absolute Gasteiger partial charge is 0.341 e. The molecular weight excluding hydrogens is 381 g/mol. The average Bonchev–Trinajstić information content (AvgIpc) is 3.21. The molecular formula is C25H26FNO3. The zero-order valence-electron chi connectivity index (χ0n) is 17.0. The van der Waals surface area contributed by atoms with Crippen molar-refractivity contribution >= 4 is 16.7 Å². The number of hydrogen-bond acceptors (Lipinski definition) is 3. The standard InChI is InChI=1S/C25H26FNO3/c1-16(21-4-2-6-23-22(21)5-3-7-24(23)26)27-19-11-8-18(14-19)17-9-12-20(13-10-17)30-15-25(28)29/h2-7,9-10,12-13,16,18-19,27H,8,11,14-15H2,1H3,(H,28,29)/t16-,18?,19?/m1/s1. The van der Waals surface area contributed by atoms with Crippen LogP contribution >= 0.6 is 0 Å². The summed E-state index contributed by atoms with van der Waals surface area (Å²) in [6.07, 6.45) is 3.23. The molecule has 0 spiro atoms. The lowest BCUT2D eigenvalue weighted by molar-refractivity contribution is -0.139. The second-order valence-corrected chi connectivity index (χ2v) is 8.03. The molecule has 0 amide bonds. The van der Waals surface area contributed by atoms with Crippen LogP contribution in [0.3, 0.4) is 0 Å². The van der Waals surface area contributed by atoms with Crippen molar-refractivity contribution in [1.82, 2.24) is 5.32 Å². The van der Waals surface area contributed by atoms with Crippen LogP contribution in [0.4, 0.5) is 4.39 Å². The number of hydrogen-bond donors (Lipinski definition) is 2. The van der Waals surface area contributed by atoms with Crippen molar-refractivity contribution in [3.8, 4) is 5.75 Å². The SMILES string of the molecule is C[C@@H](NC1CCC(c2ccc(OCC(=O)O)cc2)C1)c1cccc2c(F)cccc12. The second-order valence-electron chi connectivity index (χ2n) is 8.03. The average molecular weight is 407 g/mol. The van der Waals surface area contributed by atoms with Gasteiger partial charge in [-0.05, 0) is 66.8 Å². The first-order valence-electron chi connectivity index (χ1n) is 10.4. The largest absolute Gasteiger partial charge is 0.482 e. The van der Waals surface area contributed by atoms with Gasteiger partial charge in [-0.15, -0.1) is 0 Å². The fourth-order valence-corrected chi connectivity index (χ4v) is 4.53. The molecule has 156 valence electrons. The summed E-state index contributed by atoms with van der Waals surface area (Å²) in [5.41, 5.74) is 2.37. The van der Waals surface area contributed by atoms with E-state index in [2.05, 4.69) is 18.3 Å². The molecule has 4 rings (SSSR count). The molecule has 0 radical (unpaired) electrons. The molecule has 3 aromatic carbocycles. The molecule has 1 aliphatic carbocycles. The number of halogens is 1. The van der Waals surface area contributed by atoms with Crippen LogP contribution in [-0.2, 0) is 4.79 Å². The molecule has 0 heterocycles. The Morgan fingerprint density at radius 1 is 1.10 bits per heavy atom. The van der Waals surface area contributed by atoms with Crippen LogP contribution in [0.1, 0.15) is 49.3 Å². The van der Waals surface area contributed by atoms with E-state index in [9.17, 15) is 9.18 Å². The molecule has 1 fully saturated rings. The molecule has 1 saturated carbocycles. The van der Waals surface area contributed by atoms with Gasteiger partial charge in [-0.2, -0.15) is 0 Å². The zero-order chi connectivity index (χ0) is 21.1. The topological polar surface area (TPSA) is 58.6 Å². The fraction of sp³-hybridized carbons (Fsp3) is 0.320. The summed E-state index contributed by atoms with van der Waals surface area (Å²) in [6, 6.07) is 19.3. The van der Waals surface area contributed by atoms with Crippen molar-refractivity contribution in [1.29, 1.82) is 0 Å². The molecule has 3 atom stereocenters. The van der Waals surface area contributed by atoms with E-state index in [0.717, 1.165) is 30.2 Å². The Kier molecular flexibility index (Phi) is 6.00. The van der Waals surface area contributed by atoms with Crippen LogP contribution < -0.4 is 10.1 Å². The third kappa shape index (κ3) is 4.46. The predicted molar refractivity (Wildman–Crippen MR) is 115 cm³/mol. The number of ether oxygens (including phenoxy) is 1. The van der Waals surface area contributed by atoms with E-state index in [0.29, 0.717) is 23.1 Å². The molecule has 1 aliphatic rings. The van der Waals surface area contributed by atoms with Crippen molar-refractivity contribution in [2.75, 3.05) is 6.61 Å². The maximum absolute atomic E-state index is 14.1. The first kappa shape index (κ1) is 20.4. The third-order valence-corrected chi connectivity index (χ3v) is 6.00. The van der Waals surface area contributed by atoms with Crippen LogP contribution in [0.2, 0.25) is 0 Å². The van der Waals surface area contributed by atoms with Gasteiger partial charge >= 0.3 is 5.97 Å². The van der Waals surface area contributed by atoms with E-state index >= 15 is 0 Å². The van der Waals surface area contributed by atoms with Gasteiger partial charge in [0, 0.05) is 17.5 Å². The summed E-state index contributed by atoms with van der Waals surface area (Å²) in [6.45, 7) is 1.81. The van der Waals surface area contributed by atoms with Crippen molar-refractivity contribution in [3.05, 3.63) is 77.6 Å². The highest BCUT2D eigenvalue weighted by molar-refractivity contribution is 5.86. The van der Waals surface area contributed by atoms with Crippen molar-refractivity contribution in [2.24, 2.45) is 0 Å². The molecule has 0 aromatic heterocycles. The highest BCUT2D eigenvalue weighted by atomic mass is 19.1. The van der Waals surface area contributed by atoms with Gasteiger partial charge in [0.1, 0.15) is 11.6 Å². The Morgan fingerprint density at radius 3 is 2.60 bits per heavy atom. The summed E-state index contributed by atoms with van der Waals surface area (Å²) in [5, 5.41) is 14.1. The predicted octanol–water partition coefficient (Wildman–Crippen LogP) is 5.43. The van der Waals surface area contributed by atoms with Gasteiger partial charge in [0.15, 0.2) is 6.61 Å². The van der Waals surface area contributed by atoms with Crippen LogP contribution in [0.5, 0.6) is 5.75 Å². The van der Waals surface area contributed by atoms with Gasteiger partial charge in [-0.1, -0.05) is 42.5 Å². The molecule has 2 N–H and O–H groups in total. The minimum atomic E-state index is -0.980. The Balaban J connectivity index is 1.39. The van der Waals surface area contributed by atoms with E-state index in [1.165, 1.54) is 11.6 Å². The van der Waals surface area contributed by atoms with Crippen molar-refractivity contribution < 1.29 is 19.0 Å². The Morgan fingerprint density at radius 2 is 1.83 bits per heavy atom. The minimum absolute atomic E-state index is 0.131. The number of benzene rings is 3. The zero-order valence-corrected chi connectivity index (χ0v) is 17.0. The molecule has 2 unspecified atom stereocenters. The number of rotatable bonds is 7. The lowest BCUT2D eigenvalue weighted by Gasteiger charge is -2.22. The van der Waals surface area contributed by atoms with Gasteiger partial charge in [0.25, 0.3) is 0 Å². The Hall–Kier alpha value is -2.92. The van der Waals surface area contributed by atoms with E-state index in [1.807, 2.05) is 42.5 Å². The van der Waals surface area contributed by atoms with Crippen molar-refractivity contribution in [3.63, 3.8) is 0 Å². The summed E-state index contributed by atoms with van der Waals surface area (Å²) in [4.78, 5) is 10.6. The maximum Gasteiger partial charge on any atom is 0.341 e. The summed E-state index contributed by atoms with van der Waals surface area (Å²) in [5.74, 6) is -0.121. The Labute approximate surface area is 175 Å². The number of nitrogens with one attached hydrogen (secondary N) is 1. The number of carbonyl (C=O) groups is 1. The molecule has 30 heavy (non-hydrogen) atoms. The van der Waals surface area contributed by atoms with Crippen molar-refractivity contribution in [2.45, 2.75) is 44.2 Å². The highest BCUT2D eigenvalue weighted by Crippen LogP contribution is 2.36. The lowest BCUT2D eigenvalue weighted by Crippen LogP contribution is -2.29. The molecule has 4 nitrogen and oxygen atoms in total. The molecule has 0 aliphatic heterocycles. The maximum atomic E-state index is 14.1. The first-order valence-corrected chi connectivity index (χ1v) is 10.4. The molecule has 5 heteroatoms. The minimum Gasteiger partial charge on any atom is -0.482 e. The van der Waals surface area contributed by atoms with Gasteiger partial charge in [-0.3, -0.25) is 0 Å². The quantitative estimate of drug-likeness (QED) is 0.548. The second kappa shape index (κ2) is 8.84. The molecule has 0 saturated heterocycles. The highest BCUT2D eigenvalue weighted by Gasteiger charge is 2.27. The monoisotopic (exact) mass is 407 g/mol. The van der Waals surface area contributed by atoms with E-state index in [-0.39, 0.29) is 18.5 Å².